The molecule has 5 heteroatoms. The highest BCUT2D eigenvalue weighted by Crippen LogP contribution is 2.15. The number of ether oxygens (including phenoxy) is 4. The zero-order valence-electron chi connectivity index (χ0n) is 16.1. The SMILES string of the molecule is CCOC(=O)[C@H](Cc1ccc(OCCOCc2ccccc2)cc1)OCC. The van der Waals surface area contributed by atoms with E-state index in [2.05, 4.69) is 0 Å². The van der Waals surface area contributed by atoms with E-state index in [1.54, 1.807) is 6.92 Å². The van der Waals surface area contributed by atoms with Crippen molar-refractivity contribution in [3.8, 4) is 5.75 Å². The Morgan fingerprint density at radius 3 is 2.30 bits per heavy atom. The van der Waals surface area contributed by atoms with Crippen molar-refractivity contribution >= 4 is 5.97 Å². The molecule has 5 nitrogen and oxygen atoms in total. The summed E-state index contributed by atoms with van der Waals surface area (Å²) in [7, 11) is 0. The van der Waals surface area contributed by atoms with Gasteiger partial charge in [-0.1, -0.05) is 42.5 Å². The highest BCUT2D eigenvalue weighted by atomic mass is 16.6. The summed E-state index contributed by atoms with van der Waals surface area (Å²) in [5, 5.41) is 0. The fraction of sp³-hybridized carbons (Fsp3) is 0.409. The van der Waals surface area contributed by atoms with Gasteiger partial charge in [-0.25, -0.2) is 4.79 Å². The van der Waals surface area contributed by atoms with E-state index in [1.165, 1.54) is 0 Å². The molecule has 0 N–H and O–H groups in total. The highest BCUT2D eigenvalue weighted by Gasteiger charge is 2.20. The Morgan fingerprint density at radius 2 is 1.63 bits per heavy atom. The zero-order valence-corrected chi connectivity index (χ0v) is 16.1. The van der Waals surface area contributed by atoms with Gasteiger partial charge in [-0.2, -0.15) is 0 Å². The van der Waals surface area contributed by atoms with Crippen LogP contribution < -0.4 is 4.74 Å². The molecule has 0 saturated carbocycles. The lowest BCUT2D eigenvalue weighted by Crippen LogP contribution is -2.28. The lowest BCUT2D eigenvalue weighted by atomic mass is 10.1. The largest absolute Gasteiger partial charge is 0.491 e. The van der Waals surface area contributed by atoms with Crippen LogP contribution >= 0.6 is 0 Å². The maximum Gasteiger partial charge on any atom is 0.335 e. The van der Waals surface area contributed by atoms with E-state index in [0.717, 1.165) is 16.9 Å². The molecular formula is C22H28O5. The molecule has 2 aromatic carbocycles. The summed E-state index contributed by atoms with van der Waals surface area (Å²) in [5.74, 6) is 0.446. The van der Waals surface area contributed by atoms with Gasteiger partial charge >= 0.3 is 5.97 Å². The third-order valence-electron chi connectivity index (χ3n) is 3.87. The first-order valence-electron chi connectivity index (χ1n) is 9.34. The topological polar surface area (TPSA) is 54.0 Å². The molecule has 0 aromatic heterocycles. The van der Waals surface area contributed by atoms with Crippen LogP contribution in [0, 0.1) is 0 Å². The summed E-state index contributed by atoms with van der Waals surface area (Å²) >= 11 is 0. The van der Waals surface area contributed by atoms with Gasteiger partial charge in [0.25, 0.3) is 0 Å². The summed E-state index contributed by atoms with van der Waals surface area (Å²) in [5.41, 5.74) is 2.14. The number of carbonyl (C=O) groups excluding carboxylic acids is 1. The Bertz CT molecular complexity index is 654. The Labute approximate surface area is 161 Å². The van der Waals surface area contributed by atoms with Gasteiger partial charge in [0.05, 0.1) is 19.8 Å². The van der Waals surface area contributed by atoms with Crippen LogP contribution in [0.15, 0.2) is 54.6 Å². The van der Waals surface area contributed by atoms with E-state index in [1.807, 2.05) is 61.5 Å². The van der Waals surface area contributed by atoms with Gasteiger partial charge in [-0.05, 0) is 37.1 Å². The van der Waals surface area contributed by atoms with Crippen LogP contribution in [0.25, 0.3) is 0 Å². The Balaban J connectivity index is 1.73. The molecule has 0 unspecified atom stereocenters. The highest BCUT2D eigenvalue weighted by molar-refractivity contribution is 5.75. The Morgan fingerprint density at radius 1 is 0.889 bits per heavy atom. The van der Waals surface area contributed by atoms with Crippen LogP contribution in [-0.4, -0.2) is 38.5 Å². The number of carbonyl (C=O) groups is 1. The molecule has 0 spiro atoms. The fourth-order valence-corrected chi connectivity index (χ4v) is 2.57. The van der Waals surface area contributed by atoms with Gasteiger partial charge in [0.1, 0.15) is 12.4 Å². The first-order valence-corrected chi connectivity index (χ1v) is 9.34. The normalized spacial score (nSPS) is 11.8. The average Bonchev–Trinajstić information content (AvgIpc) is 2.69. The number of hydrogen-bond donors (Lipinski definition) is 0. The summed E-state index contributed by atoms with van der Waals surface area (Å²) < 4.78 is 21.8. The third kappa shape index (κ3) is 7.81. The molecule has 0 saturated heterocycles. The van der Waals surface area contributed by atoms with Crippen molar-refractivity contribution in [3.05, 3.63) is 65.7 Å². The molecule has 0 aliphatic carbocycles. The second-order valence-corrected chi connectivity index (χ2v) is 5.93. The third-order valence-corrected chi connectivity index (χ3v) is 3.87. The molecule has 27 heavy (non-hydrogen) atoms. The van der Waals surface area contributed by atoms with E-state index >= 15 is 0 Å². The van der Waals surface area contributed by atoms with Crippen LogP contribution in [0.5, 0.6) is 5.75 Å². The van der Waals surface area contributed by atoms with Crippen molar-refractivity contribution in [1.29, 1.82) is 0 Å². The van der Waals surface area contributed by atoms with Gasteiger partial charge in [0.15, 0.2) is 6.10 Å². The lowest BCUT2D eigenvalue weighted by molar-refractivity contribution is -0.156. The monoisotopic (exact) mass is 372 g/mol. The van der Waals surface area contributed by atoms with Crippen LogP contribution in [0.4, 0.5) is 0 Å². The summed E-state index contributed by atoms with van der Waals surface area (Å²) in [6.45, 7) is 6.05. The van der Waals surface area contributed by atoms with Gasteiger partial charge in [0, 0.05) is 13.0 Å². The molecule has 0 fully saturated rings. The first-order chi connectivity index (χ1) is 13.2. The average molecular weight is 372 g/mol. The molecule has 0 radical (unpaired) electrons. The smallest absolute Gasteiger partial charge is 0.335 e. The van der Waals surface area contributed by atoms with E-state index < -0.39 is 6.10 Å². The standard InChI is InChI=1S/C22H28O5/c1-3-25-21(22(23)26-4-2)16-18-10-12-20(13-11-18)27-15-14-24-17-19-8-6-5-7-9-19/h5-13,21H,3-4,14-17H2,1-2H3/t21-/m0/s1. The van der Waals surface area contributed by atoms with Crippen LogP contribution in [0.2, 0.25) is 0 Å². The van der Waals surface area contributed by atoms with Gasteiger partial charge in [-0.3, -0.25) is 0 Å². The maximum atomic E-state index is 11.9. The lowest BCUT2D eigenvalue weighted by Gasteiger charge is -2.15. The Hall–Kier alpha value is -2.37. The minimum Gasteiger partial charge on any atom is -0.491 e. The summed E-state index contributed by atoms with van der Waals surface area (Å²) in [6, 6.07) is 17.7. The number of esters is 1. The van der Waals surface area contributed by atoms with Crippen molar-refractivity contribution < 1.29 is 23.7 Å². The number of rotatable bonds is 12. The molecule has 1 atom stereocenters. The number of hydrogen-bond acceptors (Lipinski definition) is 5. The molecular weight excluding hydrogens is 344 g/mol. The van der Waals surface area contributed by atoms with Gasteiger partial charge in [0.2, 0.25) is 0 Å². The molecule has 0 aliphatic heterocycles. The van der Waals surface area contributed by atoms with Crippen molar-refractivity contribution in [2.24, 2.45) is 0 Å². The predicted octanol–water partition coefficient (Wildman–Crippen LogP) is 3.79. The molecule has 0 amide bonds. The molecule has 0 bridgehead atoms. The second kappa shape index (κ2) is 12.1. The van der Waals surface area contributed by atoms with Crippen LogP contribution in [0.3, 0.4) is 0 Å². The van der Waals surface area contributed by atoms with Crippen LogP contribution in [-0.2, 0) is 32.0 Å². The van der Waals surface area contributed by atoms with Crippen molar-refractivity contribution in [2.45, 2.75) is 33.0 Å². The minimum absolute atomic E-state index is 0.324. The van der Waals surface area contributed by atoms with Crippen molar-refractivity contribution in [1.82, 2.24) is 0 Å². The molecule has 2 rings (SSSR count). The summed E-state index contributed by atoms with van der Waals surface area (Å²) in [6.07, 6.45) is -0.0965. The first kappa shape index (κ1) is 20.9. The predicted molar refractivity (Wildman–Crippen MR) is 104 cm³/mol. The zero-order chi connectivity index (χ0) is 19.3. The van der Waals surface area contributed by atoms with Crippen molar-refractivity contribution in [3.63, 3.8) is 0 Å². The van der Waals surface area contributed by atoms with Crippen LogP contribution in [0.1, 0.15) is 25.0 Å². The van der Waals surface area contributed by atoms with Gasteiger partial charge < -0.3 is 18.9 Å². The Kier molecular flexibility index (Phi) is 9.38. The maximum absolute atomic E-state index is 11.9. The molecule has 146 valence electrons. The van der Waals surface area contributed by atoms with E-state index in [0.29, 0.717) is 39.5 Å². The fourth-order valence-electron chi connectivity index (χ4n) is 2.57. The van der Waals surface area contributed by atoms with Crippen molar-refractivity contribution in [2.75, 3.05) is 26.4 Å². The second-order valence-electron chi connectivity index (χ2n) is 5.93. The summed E-state index contributed by atoms with van der Waals surface area (Å²) in [4.78, 5) is 11.9. The molecule has 0 aliphatic rings. The quantitative estimate of drug-likeness (QED) is 0.419. The number of benzene rings is 2. The molecule has 0 heterocycles. The van der Waals surface area contributed by atoms with E-state index in [9.17, 15) is 4.79 Å². The molecule has 2 aromatic rings. The minimum atomic E-state index is -0.576. The van der Waals surface area contributed by atoms with E-state index in [-0.39, 0.29) is 5.97 Å². The van der Waals surface area contributed by atoms with Gasteiger partial charge in [-0.15, -0.1) is 0 Å². The van der Waals surface area contributed by atoms with E-state index in [4.69, 9.17) is 18.9 Å².